The van der Waals surface area contributed by atoms with Crippen LogP contribution < -0.4 is 19.5 Å². The van der Waals surface area contributed by atoms with E-state index in [0.29, 0.717) is 36.9 Å². The summed E-state index contributed by atoms with van der Waals surface area (Å²) in [4.78, 5) is 23.0. The number of nitrogens with zero attached hydrogens (tertiary/aromatic N) is 1. The number of hydrogen-bond acceptors (Lipinski definition) is 6. The second kappa shape index (κ2) is 7.94. The van der Waals surface area contributed by atoms with Gasteiger partial charge in [0, 0.05) is 12.5 Å². The molecule has 1 N–H and O–H groups in total. The summed E-state index contributed by atoms with van der Waals surface area (Å²) in [7, 11) is 0. The van der Waals surface area contributed by atoms with Crippen LogP contribution in [0.25, 0.3) is 0 Å². The zero-order chi connectivity index (χ0) is 19.4. The van der Waals surface area contributed by atoms with E-state index in [1.54, 1.807) is 6.07 Å². The van der Waals surface area contributed by atoms with Gasteiger partial charge in [-0.15, -0.1) is 0 Å². The van der Waals surface area contributed by atoms with E-state index in [9.17, 15) is 14.9 Å². The third-order valence-electron chi connectivity index (χ3n) is 4.18. The van der Waals surface area contributed by atoms with Crippen molar-refractivity contribution >= 4 is 17.3 Å². The maximum absolute atomic E-state index is 12.2. The lowest BCUT2D eigenvalue weighted by Crippen LogP contribution is -2.21. The second-order valence-corrected chi connectivity index (χ2v) is 6.21. The van der Waals surface area contributed by atoms with Crippen LogP contribution in [0.2, 0.25) is 0 Å². The first-order valence-electron chi connectivity index (χ1n) is 8.52. The van der Waals surface area contributed by atoms with Crippen LogP contribution in [0.3, 0.4) is 0 Å². The molecule has 0 spiro atoms. The van der Waals surface area contributed by atoms with Crippen molar-refractivity contribution in [1.82, 2.24) is 0 Å². The van der Waals surface area contributed by atoms with Gasteiger partial charge >= 0.3 is 0 Å². The molecule has 3 rings (SSSR count). The summed E-state index contributed by atoms with van der Waals surface area (Å²) in [5.41, 5.74) is 1.94. The smallest absolute Gasteiger partial charge is 0.296 e. The number of nitrogens with one attached hydrogen (secondary N) is 1. The first kappa shape index (κ1) is 18.5. The Bertz CT molecular complexity index is 881. The van der Waals surface area contributed by atoms with Crippen LogP contribution in [0, 0.1) is 24.0 Å². The third-order valence-corrected chi connectivity index (χ3v) is 4.18. The van der Waals surface area contributed by atoms with E-state index in [0.717, 1.165) is 11.1 Å². The average Bonchev–Trinajstić information content (AvgIpc) is 2.86. The molecule has 8 nitrogen and oxygen atoms in total. The molecule has 0 aromatic heterocycles. The zero-order valence-corrected chi connectivity index (χ0v) is 15.1. The molecule has 0 saturated carbocycles. The molecule has 0 unspecified atom stereocenters. The topological polar surface area (TPSA) is 99.9 Å². The van der Waals surface area contributed by atoms with Crippen molar-refractivity contribution in [2.75, 3.05) is 25.1 Å². The van der Waals surface area contributed by atoms with Crippen LogP contribution in [0.4, 0.5) is 11.4 Å². The van der Waals surface area contributed by atoms with Crippen LogP contribution >= 0.6 is 0 Å². The number of benzene rings is 2. The van der Waals surface area contributed by atoms with Crippen molar-refractivity contribution in [3.05, 3.63) is 51.6 Å². The molecule has 1 aliphatic rings. The maximum Gasteiger partial charge on any atom is 0.296 e. The lowest BCUT2D eigenvalue weighted by Gasteiger charge is -2.12. The fourth-order valence-corrected chi connectivity index (χ4v) is 2.59. The minimum atomic E-state index is -0.575. The number of amides is 1. The van der Waals surface area contributed by atoms with Gasteiger partial charge in [0.15, 0.2) is 18.1 Å². The Labute approximate surface area is 156 Å². The van der Waals surface area contributed by atoms with Gasteiger partial charge in [-0.3, -0.25) is 14.9 Å². The number of hydrogen-bond donors (Lipinski definition) is 1. The van der Waals surface area contributed by atoms with Crippen LogP contribution in [-0.2, 0) is 4.79 Å². The fourth-order valence-electron chi connectivity index (χ4n) is 2.59. The number of nitro benzene ring substituents is 1. The van der Waals surface area contributed by atoms with Crippen molar-refractivity contribution < 1.29 is 23.9 Å². The molecule has 0 bridgehead atoms. The quantitative estimate of drug-likeness (QED) is 0.638. The summed E-state index contributed by atoms with van der Waals surface area (Å²) in [6.07, 6.45) is 0.675. The van der Waals surface area contributed by atoms with Gasteiger partial charge in [0.25, 0.3) is 11.6 Å². The molecule has 1 amide bonds. The normalized spacial score (nSPS) is 12.8. The minimum Gasteiger partial charge on any atom is -0.489 e. The van der Waals surface area contributed by atoms with Crippen molar-refractivity contribution in [3.63, 3.8) is 0 Å². The van der Waals surface area contributed by atoms with Crippen LogP contribution in [0.5, 0.6) is 17.2 Å². The Morgan fingerprint density at radius 2 is 1.85 bits per heavy atom. The number of rotatable bonds is 5. The number of fused-ring (bicyclic) bond motifs is 1. The Balaban J connectivity index is 1.73. The largest absolute Gasteiger partial charge is 0.489 e. The summed E-state index contributed by atoms with van der Waals surface area (Å²) in [5, 5.41) is 13.9. The number of aryl methyl sites for hydroxylation is 2. The van der Waals surface area contributed by atoms with Gasteiger partial charge in [0.05, 0.1) is 24.2 Å². The Hall–Kier alpha value is -3.29. The van der Waals surface area contributed by atoms with Crippen molar-refractivity contribution in [3.8, 4) is 17.2 Å². The summed E-state index contributed by atoms with van der Waals surface area (Å²) in [5.74, 6) is 0.708. The highest BCUT2D eigenvalue weighted by Gasteiger charge is 2.23. The average molecular weight is 372 g/mol. The molecule has 8 heteroatoms. The molecule has 1 heterocycles. The summed E-state index contributed by atoms with van der Waals surface area (Å²) in [6, 6.07) is 8.18. The van der Waals surface area contributed by atoms with Gasteiger partial charge in [0.1, 0.15) is 11.4 Å². The van der Waals surface area contributed by atoms with Crippen molar-refractivity contribution in [2.24, 2.45) is 0 Å². The Morgan fingerprint density at radius 1 is 1.15 bits per heavy atom. The van der Waals surface area contributed by atoms with E-state index in [1.807, 2.05) is 26.0 Å². The molecular formula is C19H20N2O6. The summed E-state index contributed by atoms with van der Waals surface area (Å²) in [6.45, 7) is 4.51. The summed E-state index contributed by atoms with van der Waals surface area (Å²) >= 11 is 0. The SMILES string of the molecule is Cc1ccc(OCC(=O)Nc2cc3c(cc2[N+](=O)[O-])OCCCO3)cc1C. The molecule has 142 valence electrons. The number of carbonyl (C=O) groups is 1. The van der Waals surface area contributed by atoms with E-state index in [1.165, 1.54) is 12.1 Å². The maximum atomic E-state index is 12.2. The number of ether oxygens (including phenoxy) is 3. The predicted octanol–water partition coefficient (Wildman–Crippen LogP) is 3.39. The van der Waals surface area contributed by atoms with Gasteiger partial charge in [-0.05, 0) is 37.1 Å². The predicted molar refractivity (Wildman–Crippen MR) is 98.7 cm³/mol. The Morgan fingerprint density at radius 3 is 2.52 bits per heavy atom. The van der Waals surface area contributed by atoms with E-state index >= 15 is 0 Å². The van der Waals surface area contributed by atoms with Crippen molar-refractivity contribution in [1.29, 1.82) is 0 Å². The van der Waals surface area contributed by atoms with Crippen LogP contribution in [0.15, 0.2) is 30.3 Å². The van der Waals surface area contributed by atoms with Gasteiger partial charge in [-0.25, -0.2) is 0 Å². The molecule has 0 radical (unpaired) electrons. The van der Waals surface area contributed by atoms with E-state index in [4.69, 9.17) is 14.2 Å². The first-order chi connectivity index (χ1) is 12.9. The molecule has 0 fully saturated rings. The van der Waals surface area contributed by atoms with Gasteiger partial charge in [-0.2, -0.15) is 0 Å². The summed E-state index contributed by atoms with van der Waals surface area (Å²) < 4.78 is 16.5. The van der Waals surface area contributed by atoms with Gasteiger partial charge < -0.3 is 19.5 Å². The molecule has 0 aliphatic carbocycles. The molecular weight excluding hydrogens is 352 g/mol. The lowest BCUT2D eigenvalue weighted by molar-refractivity contribution is -0.384. The molecule has 0 saturated heterocycles. The highest BCUT2D eigenvalue weighted by molar-refractivity contribution is 5.94. The molecule has 0 atom stereocenters. The van der Waals surface area contributed by atoms with E-state index in [2.05, 4.69) is 5.32 Å². The molecule has 1 aliphatic heterocycles. The first-order valence-corrected chi connectivity index (χ1v) is 8.52. The minimum absolute atomic E-state index is 0.0398. The molecule has 2 aromatic carbocycles. The molecule has 27 heavy (non-hydrogen) atoms. The van der Waals surface area contributed by atoms with Crippen molar-refractivity contribution in [2.45, 2.75) is 20.3 Å². The fraction of sp³-hybridized carbons (Fsp3) is 0.316. The highest BCUT2D eigenvalue weighted by atomic mass is 16.6. The van der Waals surface area contributed by atoms with Gasteiger partial charge in [0.2, 0.25) is 0 Å². The lowest BCUT2D eigenvalue weighted by atomic mass is 10.1. The Kier molecular flexibility index (Phi) is 5.44. The zero-order valence-electron chi connectivity index (χ0n) is 15.1. The molecule has 2 aromatic rings. The monoisotopic (exact) mass is 372 g/mol. The highest BCUT2D eigenvalue weighted by Crippen LogP contribution is 2.39. The van der Waals surface area contributed by atoms with E-state index < -0.39 is 10.8 Å². The standard InChI is InChI=1S/C19H20N2O6/c1-12-4-5-14(8-13(12)2)27-11-19(22)20-15-9-17-18(10-16(15)21(23)24)26-7-3-6-25-17/h4-5,8-10H,3,6-7,11H2,1-2H3,(H,20,22). The number of anilines is 1. The van der Waals surface area contributed by atoms with E-state index in [-0.39, 0.29) is 18.0 Å². The third kappa shape index (κ3) is 4.46. The number of carbonyl (C=O) groups excluding carboxylic acids is 1. The second-order valence-electron chi connectivity index (χ2n) is 6.21. The van der Waals surface area contributed by atoms with Crippen LogP contribution in [-0.4, -0.2) is 30.7 Å². The van der Waals surface area contributed by atoms with Crippen LogP contribution in [0.1, 0.15) is 17.5 Å². The van der Waals surface area contributed by atoms with Gasteiger partial charge in [-0.1, -0.05) is 6.07 Å². The number of nitro groups is 1.